The van der Waals surface area contributed by atoms with E-state index in [0.29, 0.717) is 13.0 Å². The summed E-state index contributed by atoms with van der Waals surface area (Å²) in [6, 6.07) is 6.32. The molecule has 0 fully saturated rings. The normalized spacial score (nSPS) is 9.56. The van der Waals surface area contributed by atoms with Crippen molar-refractivity contribution in [2.45, 2.75) is 6.42 Å². The predicted molar refractivity (Wildman–Crippen MR) is 54.9 cm³/mol. The van der Waals surface area contributed by atoms with Crippen LogP contribution >= 0.6 is 0 Å². The highest BCUT2D eigenvalue weighted by Gasteiger charge is 1.98. The standard InChI is InChI=1S/C11H13NO4/c1-16-11(15)12-7-6-8-2-4-9(5-3-8)10(13)14/h2-5H,6-7H2,1H3,(H,12,15)(H,13,14)/p-1. The van der Waals surface area contributed by atoms with Crippen LogP contribution in [0.15, 0.2) is 24.3 Å². The van der Waals surface area contributed by atoms with Crippen molar-refractivity contribution in [2.24, 2.45) is 0 Å². The van der Waals surface area contributed by atoms with Gasteiger partial charge in [0.15, 0.2) is 0 Å². The molecule has 0 saturated carbocycles. The number of ether oxygens (including phenoxy) is 1. The van der Waals surface area contributed by atoms with Gasteiger partial charge in [-0.15, -0.1) is 0 Å². The molecule has 0 atom stereocenters. The summed E-state index contributed by atoms with van der Waals surface area (Å²) in [5.74, 6) is -1.20. The smallest absolute Gasteiger partial charge is 0.406 e. The maximum Gasteiger partial charge on any atom is 0.406 e. The third-order valence-electron chi connectivity index (χ3n) is 2.06. The highest BCUT2D eigenvalue weighted by Crippen LogP contribution is 2.03. The van der Waals surface area contributed by atoms with E-state index in [1.807, 2.05) is 0 Å². The van der Waals surface area contributed by atoms with Gasteiger partial charge in [0.1, 0.15) is 0 Å². The van der Waals surface area contributed by atoms with Crippen molar-refractivity contribution >= 4 is 12.1 Å². The number of hydrogen-bond donors (Lipinski definition) is 1. The Morgan fingerprint density at radius 2 is 1.94 bits per heavy atom. The number of carboxylic acids is 1. The van der Waals surface area contributed by atoms with Gasteiger partial charge in [-0.2, -0.15) is 0 Å². The lowest BCUT2D eigenvalue weighted by molar-refractivity contribution is -0.255. The predicted octanol–water partition coefficient (Wildman–Crippen LogP) is -0.0514. The van der Waals surface area contributed by atoms with E-state index in [1.54, 1.807) is 12.1 Å². The van der Waals surface area contributed by atoms with Gasteiger partial charge in [-0.25, -0.2) is 4.79 Å². The van der Waals surface area contributed by atoms with E-state index in [4.69, 9.17) is 0 Å². The Labute approximate surface area is 93.0 Å². The van der Waals surface area contributed by atoms with Crippen LogP contribution in [0.5, 0.6) is 0 Å². The van der Waals surface area contributed by atoms with Gasteiger partial charge in [0, 0.05) is 6.54 Å². The van der Waals surface area contributed by atoms with Crippen molar-refractivity contribution in [1.29, 1.82) is 0 Å². The molecule has 5 heteroatoms. The lowest BCUT2D eigenvalue weighted by Crippen LogP contribution is -2.25. The minimum atomic E-state index is -1.20. The minimum absolute atomic E-state index is 0.143. The maximum absolute atomic E-state index is 10.7. The molecule has 86 valence electrons. The molecule has 0 aliphatic heterocycles. The largest absolute Gasteiger partial charge is 0.545 e. The van der Waals surface area contributed by atoms with Crippen LogP contribution in [0.2, 0.25) is 0 Å². The number of carbonyl (C=O) groups is 2. The molecule has 0 spiro atoms. The summed E-state index contributed by atoms with van der Waals surface area (Å²) in [5, 5.41) is 13.0. The fourth-order valence-corrected chi connectivity index (χ4v) is 1.19. The zero-order valence-electron chi connectivity index (χ0n) is 8.86. The molecule has 5 nitrogen and oxygen atoms in total. The molecule has 0 aromatic heterocycles. The summed E-state index contributed by atoms with van der Waals surface area (Å²) in [7, 11) is 1.30. The molecule has 0 heterocycles. The van der Waals surface area contributed by atoms with Gasteiger partial charge in [-0.05, 0) is 17.5 Å². The molecule has 0 saturated heterocycles. The third-order valence-corrected chi connectivity index (χ3v) is 2.06. The van der Waals surface area contributed by atoms with Crippen LogP contribution in [0.25, 0.3) is 0 Å². The maximum atomic E-state index is 10.7. The third kappa shape index (κ3) is 3.61. The van der Waals surface area contributed by atoms with Crippen molar-refractivity contribution in [3.05, 3.63) is 35.4 Å². The van der Waals surface area contributed by atoms with Gasteiger partial charge in [0.05, 0.1) is 13.1 Å². The molecular formula is C11H12NO4-. The Hall–Kier alpha value is -2.04. The van der Waals surface area contributed by atoms with Gasteiger partial charge in [0.2, 0.25) is 0 Å². The quantitative estimate of drug-likeness (QED) is 0.774. The van der Waals surface area contributed by atoms with Crippen molar-refractivity contribution in [2.75, 3.05) is 13.7 Å². The van der Waals surface area contributed by atoms with E-state index in [-0.39, 0.29) is 5.56 Å². The number of benzene rings is 1. The summed E-state index contributed by atoms with van der Waals surface area (Å²) < 4.78 is 4.40. The number of carbonyl (C=O) groups excluding carboxylic acids is 2. The van der Waals surface area contributed by atoms with Gasteiger partial charge in [-0.1, -0.05) is 24.3 Å². The average molecular weight is 222 g/mol. The average Bonchev–Trinajstić information content (AvgIpc) is 2.29. The van der Waals surface area contributed by atoms with E-state index in [2.05, 4.69) is 10.1 Å². The Bertz CT molecular complexity index is 372. The van der Waals surface area contributed by atoms with Crippen LogP contribution in [0.4, 0.5) is 4.79 Å². The van der Waals surface area contributed by atoms with E-state index in [1.165, 1.54) is 19.2 Å². The Kier molecular flexibility index (Phi) is 4.32. The van der Waals surface area contributed by atoms with E-state index < -0.39 is 12.1 Å². The lowest BCUT2D eigenvalue weighted by Gasteiger charge is -2.05. The number of amides is 1. The molecular weight excluding hydrogens is 210 g/mol. The van der Waals surface area contributed by atoms with Gasteiger partial charge in [-0.3, -0.25) is 0 Å². The molecule has 1 N–H and O–H groups in total. The second-order valence-electron chi connectivity index (χ2n) is 3.15. The molecule has 0 aliphatic rings. The highest BCUT2D eigenvalue weighted by atomic mass is 16.5. The molecule has 0 bridgehead atoms. The van der Waals surface area contributed by atoms with Gasteiger partial charge >= 0.3 is 6.09 Å². The number of methoxy groups -OCH3 is 1. The zero-order valence-corrected chi connectivity index (χ0v) is 8.86. The van der Waals surface area contributed by atoms with Crippen molar-refractivity contribution in [1.82, 2.24) is 5.32 Å². The van der Waals surface area contributed by atoms with Crippen LogP contribution < -0.4 is 10.4 Å². The summed E-state index contributed by atoms with van der Waals surface area (Å²) >= 11 is 0. The second kappa shape index (κ2) is 5.75. The molecule has 1 aromatic rings. The molecule has 0 aliphatic carbocycles. The number of hydrogen-bond acceptors (Lipinski definition) is 4. The molecule has 16 heavy (non-hydrogen) atoms. The van der Waals surface area contributed by atoms with Crippen LogP contribution in [0, 0.1) is 0 Å². The van der Waals surface area contributed by atoms with E-state index in [9.17, 15) is 14.7 Å². The zero-order chi connectivity index (χ0) is 12.0. The highest BCUT2D eigenvalue weighted by molar-refractivity contribution is 5.85. The topological polar surface area (TPSA) is 78.5 Å². The van der Waals surface area contributed by atoms with Crippen LogP contribution in [0.1, 0.15) is 15.9 Å². The summed E-state index contributed by atoms with van der Waals surface area (Å²) in [5.41, 5.74) is 1.08. The molecule has 0 unspecified atom stereocenters. The Balaban J connectivity index is 2.43. The lowest BCUT2D eigenvalue weighted by atomic mass is 10.1. The Morgan fingerprint density at radius 1 is 1.31 bits per heavy atom. The first kappa shape index (κ1) is 12.0. The number of alkyl carbamates (subject to hydrolysis) is 1. The fraction of sp³-hybridized carbons (Fsp3) is 0.273. The van der Waals surface area contributed by atoms with Crippen molar-refractivity contribution in [3.63, 3.8) is 0 Å². The Morgan fingerprint density at radius 3 is 2.44 bits per heavy atom. The van der Waals surface area contributed by atoms with E-state index in [0.717, 1.165) is 5.56 Å². The molecule has 1 rings (SSSR count). The van der Waals surface area contributed by atoms with Crippen LogP contribution in [-0.2, 0) is 11.2 Å². The fourth-order valence-electron chi connectivity index (χ4n) is 1.19. The van der Waals surface area contributed by atoms with Crippen molar-refractivity contribution < 1.29 is 19.4 Å². The number of rotatable bonds is 4. The minimum Gasteiger partial charge on any atom is -0.545 e. The number of carboxylic acid groups (broad SMARTS) is 1. The van der Waals surface area contributed by atoms with Crippen LogP contribution in [-0.4, -0.2) is 25.7 Å². The molecule has 0 radical (unpaired) electrons. The number of nitrogens with one attached hydrogen (secondary N) is 1. The first-order valence-corrected chi connectivity index (χ1v) is 4.75. The first-order valence-electron chi connectivity index (χ1n) is 4.75. The monoisotopic (exact) mass is 222 g/mol. The summed E-state index contributed by atoms with van der Waals surface area (Å²) in [4.78, 5) is 21.2. The summed E-state index contributed by atoms with van der Waals surface area (Å²) in [6.45, 7) is 0.442. The molecule has 1 aromatic carbocycles. The summed E-state index contributed by atoms with van der Waals surface area (Å²) in [6.07, 6.45) is 0.133. The SMILES string of the molecule is COC(=O)NCCc1ccc(C(=O)[O-])cc1. The van der Waals surface area contributed by atoms with E-state index >= 15 is 0 Å². The second-order valence-corrected chi connectivity index (χ2v) is 3.15. The first-order chi connectivity index (χ1) is 7.63. The van der Waals surface area contributed by atoms with Gasteiger partial charge in [0.25, 0.3) is 0 Å². The number of aromatic carboxylic acids is 1. The molecule has 1 amide bonds. The van der Waals surface area contributed by atoms with Crippen molar-refractivity contribution in [3.8, 4) is 0 Å². The van der Waals surface area contributed by atoms with Gasteiger partial charge < -0.3 is 20.0 Å². The van der Waals surface area contributed by atoms with Crippen LogP contribution in [0.3, 0.4) is 0 Å².